The third kappa shape index (κ3) is 53.1. The molecule has 0 amide bonds. The fourth-order valence-corrected chi connectivity index (χ4v) is 0. The average molecular weight is 158 g/mol. The molecule has 2 nitrogen and oxygen atoms in total. The van der Waals surface area contributed by atoms with Crippen LogP contribution in [0.25, 0.3) is 0 Å². The van der Waals surface area contributed by atoms with Crippen molar-refractivity contribution in [1.82, 2.24) is 0 Å². The number of carboxylic acid groups (broad SMARTS) is 1. The van der Waals surface area contributed by atoms with Crippen molar-refractivity contribution in [3.05, 3.63) is 14.4 Å². The van der Waals surface area contributed by atoms with E-state index in [1.165, 1.54) is 0 Å². The molecule has 0 saturated carbocycles. The SMILES string of the molecule is CCC(=O)O.[CH2-]C.[CH3-].[Ca+2]. The molecule has 0 aromatic carbocycles. The molecule has 3 heteroatoms. The molecule has 0 aromatic heterocycles. The molecular weight excluding hydrogens is 144 g/mol. The van der Waals surface area contributed by atoms with Crippen LogP contribution in [0.2, 0.25) is 0 Å². The summed E-state index contributed by atoms with van der Waals surface area (Å²) < 4.78 is 0. The third-order valence-corrected chi connectivity index (χ3v) is 0.302. The van der Waals surface area contributed by atoms with Crippen LogP contribution in [0.15, 0.2) is 0 Å². The van der Waals surface area contributed by atoms with Gasteiger partial charge in [0, 0.05) is 6.42 Å². The van der Waals surface area contributed by atoms with Crippen molar-refractivity contribution in [3.8, 4) is 0 Å². The molecule has 9 heavy (non-hydrogen) atoms. The van der Waals surface area contributed by atoms with Crippen molar-refractivity contribution in [2.24, 2.45) is 0 Å². The standard InChI is InChI=1S/C3H6O2.C2H5.CH3.Ca/c1-2-3(4)5;1-2;;/h2H2,1H3,(H,4,5);1H2,2H3;1H3;/q;2*-1;+2. The Morgan fingerprint density at radius 3 is 1.67 bits per heavy atom. The van der Waals surface area contributed by atoms with Crippen LogP contribution >= 0.6 is 0 Å². The summed E-state index contributed by atoms with van der Waals surface area (Å²) in [7, 11) is 0. The van der Waals surface area contributed by atoms with Crippen LogP contribution in [0.5, 0.6) is 0 Å². The monoisotopic (exact) mass is 158 g/mol. The van der Waals surface area contributed by atoms with Crippen molar-refractivity contribution in [3.63, 3.8) is 0 Å². The molecule has 0 saturated heterocycles. The summed E-state index contributed by atoms with van der Waals surface area (Å²) in [5.74, 6) is -0.745. The molecule has 0 radical (unpaired) electrons. The minimum absolute atomic E-state index is 0. The minimum Gasteiger partial charge on any atom is -0.481 e. The Labute approximate surface area is 87.6 Å². The number of rotatable bonds is 1. The summed E-state index contributed by atoms with van der Waals surface area (Å²) in [6.45, 7) is 6.60. The molecule has 52 valence electrons. The number of carbonyl (C=O) groups is 1. The van der Waals surface area contributed by atoms with Gasteiger partial charge in [0.25, 0.3) is 0 Å². The second-order valence-electron chi connectivity index (χ2n) is 0.747. The van der Waals surface area contributed by atoms with Gasteiger partial charge in [-0.3, -0.25) is 4.79 Å². The molecule has 1 N–H and O–H groups in total. The molecular formula is C6H14CaO2. The number of hydrogen-bond acceptors (Lipinski definition) is 1. The van der Waals surface area contributed by atoms with E-state index in [1.54, 1.807) is 13.8 Å². The Morgan fingerprint density at radius 2 is 1.67 bits per heavy atom. The Balaban J connectivity index is -0.0000000286. The Kier molecular flexibility index (Phi) is 58.5. The summed E-state index contributed by atoms with van der Waals surface area (Å²) in [5, 5.41) is 7.72. The van der Waals surface area contributed by atoms with Crippen molar-refractivity contribution >= 4 is 43.7 Å². The molecule has 0 unspecified atom stereocenters. The third-order valence-electron chi connectivity index (χ3n) is 0.302. The fourth-order valence-electron chi connectivity index (χ4n) is 0. The van der Waals surface area contributed by atoms with Crippen molar-refractivity contribution in [2.45, 2.75) is 20.3 Å². The Morgan fingerprint density at radius 1 is 1.56 bits per heavy atom. The summed E-state index contributed by atoms with van der Waals surface area (Å²) >= 11 is 0. The molecule has 0 bridgehead atoms. The van der Waals surface area contributed by atoms with E-state index in [1.807, 2.05) is 0 Å². The molecule has 0 heterocycles. The number of carboxylic acids is 1. The predicted octanol–water partition coefficient (Wildman–Crippen LogP) is 1.39. The van der Waals surface area contributed by atoms with Crippen molar-refractivity contribution in [1.29, 1.82) is 0 Å². The van der Waals surface area contributed by atoms with Crippen LogP contribution in [0, 0.1) is 14.4 Å². The molecule has 0 aliphatic carbocycles. The molecule has 0 rings (SSSR count). The first-order chi connectivity index (χ1) is 3.27. The van der Waals surface area contributed by atoms with Crippen LogP contribution in [0.1, 0.15) is 20.3 Å². The largest absolute Gasteiger partial charge is 2.00 e. The first-order valence-corrected chi connectivity index (χ1v) is 2.20. The maximum atomic E-state index is 9.37. The zero-order valence-corrected chi connectivity index (χ0v) is 8.69. The van der Waals surface area contributed by atoms with E-state index in [4.69, 9.17) is 5.11 Å². The maximum Gasteiger partial charge on any atom is 2.00 e. The normalized spacial score (nSPS) is 4.78. The van der Waals surface area contributed by atoms with E-state index >= 15 is 0 Å². The van der Waals surface area contributed by atoms with Crippen LogP contribution < -0.4 is 0 Å². The van der Waals surface area contributed by atoms with Crippen molar-refractivity contribution in [2.75, 3.05) is 0 Å². The van der Waals surface area contributed by atoms with Gasteiger partial charge in [0.2, 0.25) is 0 Å². The fraction of sp³-hybridized carbons (Fsp3) is 0.500. The smallest absolute Gasteiger partial charge is 0.481 e. The molecule has 0 fully saturated rings. The number of hydrogen-bond donors (Lipinski definition) is 1. The average Bonchev–Trinajstić information content (AvgIpc) is 1.73. The molecule has 0 atom stereocenters. The van der Waals surface area contributed by atoms with Gasteiger partial charge in [-0.1, -0.05) is 6.92 Å². The molecule has 0 aliphatic heterocycles. The number of aliphatic carboxylic acids is 1. The van der Waals surface area contributed by atoms with Gasteiger partial charge in [0.15, 0.2) is 0 Å². The minimum atomic E-state index is -0.745. The van der Waals surface area contributed by atoms with Gasteiger partial charge in [-0.15, -0.1) is 0 Å². The van der Waals surface area contributed by atoms with Gasteiger partial charge in [-0.05, 0) is 0 Å². The van der Waals surface area contributed by atoms with E-state index in [0.717, 1.165) is 0 Å². The Hall–Kier alpha value is 0.730. The summed E-state index contributed by atoms with van der Waals surface area (Å²) in [6, 6.07) is 0. The summed E-state index contributed by atoms with van der Waals surface area (Å²) in [5.41, 5.74) is 0. The first kappa shape index (κ1) is 22.6. The second kappa shape index (κ2) is 23.3. The Bertz CT molecular complexity index is 46.3. The van der Waals surface area contributed by atoms with Gasteiger partial charge in [0.1, 0.15) is 0 Å². The topological polar surface area (TPSA) is 37.3 Å². The predicted molar refractivity (Wildman–Crippen MR) is 41.1 cm³/mol. The van der Waals surface area contributed by atoms with Crippen LogP contribution in [0.4, 0.5) is 0 Å². The van der Waals surface area contributed by atoms with E-state index < -0.39 is 5.97 Å². The van der Waals surface area contributed by atoms with Gasteiger partial charge in [0.05, 0.1) is 0 Å². The summed E-state index contributed by atoms with van der Waals surface area (Å²) in [6.07, 6.45) is 0.222. The zero-order chi connectivity index (χ0) is 6.28. The van der Waals surface area contributed by atoms with Gasteiger partial charge >= 0.3 is 43.7 Å². The van der Waals surface area contributed by atoms with E-state index in [-0.39, 0.29) is 51.6 Å². The van der Waals surface area contributed by atoms with Gasteiger partial charge < -0.3 is 19.5 Å². The molecule has 0 aromatic rings. The van der Waals surface area contributed by atoms with E-state index in [9.17, 15) is 4.79 Å². The first-order valence-electron chi connectivity index (χ1n) is 2.20. The van der Waals surface area contributed by atoms with Crippen LogP contribution in [-0.2, 0) is 4.79 Å². The van der Waals surface area contributed by atoms with Gasteiger partial charge in [-0.25, -0.2) is 0 Å². The van der Waals surface area contributed by atoms with E-state index in [0.29, 0.717) is 0 Å². The van der Waals surface area contributed by atoms with Gasteiger partial charge in [-0.2, -0.15) is 6.92 Å². The van der Waals surface area contributed by atoms with E-state index in [2.05, 4.69) is 6.92 Å². The molecule has 0 aliphatic rings. The quantitative estimate of drug-likeness (QED) is 0.462. The maximum absolute atomic E-state index is 9.37. The zero-order valence-electron chi connectivity index (χ0n) is 6.48. The van der Waals surface area contributed by atoms with Crippen molar-refractivity contribution < 1.29 is 9.90 Å². The van der Waals surface area contributed by atoms with Crippen LogP contribution in [0.3, 0.4) is 0 Å². The summed E-state index contributed by atoms with van der Waals surface area (Å²) in [4.78, 5) is 9.37. The van der Waals surface area contributed by atoms with Crippen LogP contribution in [-0.4, -0.2) is 48.8 Å². The second-order valence-corrected chi connectivity index (χ2v) is 0.747. The molecule has 0 spiro atoms.